The van der Waals surface area contributed by atoms with Crippen molar-refractivity contribution in [2.75, 3.05) is 0 Å². The van der Waals surface area contributed by atoms with Crippen molar-refractivity contribution in [3.8, 4) is 34.5 Å². The zero-order valence-electron chi connectivity index (χ0n) is 33.5. The largest absolute Gasteiger partial charge is 2.00 e. The van der Waals surface area contributed by atoms with Gasteiger partial charge in [0.25, 0.3) is 10.1 Å². The monoisotopic (exact) mass is 850 g/mol. The van der Waals surface area contributed by atoms with E-state index in [0.717, 1.165) is 56.7 Å². The van der Waals surface area contributed by atoms with Crippen LogP contribution in [0.5, 0.6) is 34.5 Å². The van der Waals surface area contributed by atoms with Gasteiger partial charge in [-0.1, -0.05) is 146 Å². The van der Waals surface area contributed by atoms with E-state index in [1.165, 1.54) is 70.3 Å². The summed E-state index contributed by atoms with van der Waals surface area (Å²) in [5.74, 6) is 0.777. The SMILES string of the molecule is CCCCCCCCCCc1c(O)cc(S(=O)(=O)O)cc1Oc1ccccc1.CCCCCCCCCCc1c([O-])cc(S(=O)(=O)[O-])cc1Oc1ccccc1.[Ca+2]. The molecule has 0 aliphatic rings. The minimum atomic E-state index is -4.73. The average molecular weight is 851 g/mol. The van der Waals surface area contributed by atoms with Crippen LogP contribution in [0.2, 0.25) is 0 Å². The molecule has 0 saturated carbocycles. The summed E-state index contributed by atoms with van der Waals surface area (Å²) in [6.07, 6.45) is 19.5. The van der Waals surface area contributed by atoms with Gasteiger partial charge in [-0.15, -0.1) is 5.75 Å². The normalized spacial score (nSPS) is 11.3. The molecule has 0 aromatic heterocycles. The van der Waals surface area contributed by atoms with Crippen molar-refractivity contribution in [3.63, 3.8) is 0 Å². The molecule has 0 atom stereocenters. The van der Waals surface area contributed by atoms with Gasteiger partial charge in [0.15, 0.2) is 0 Å². The van der Waals surface area contributed by atoms with Crippen molar-refractivity contribution in [3.05, 3.63) is 96.1 Å². The number of phenols is 1. The van der Waals surface area contributed by atoms with Crippen molar-refractivity contribution in [1.82, 2.24) is 0 Å². The summed E-state index contributed by atoms with van der Waals surface area (Å²) in [5, 5.41) is 22.8. The summed E-state index contributed by atoms with van der Waals surface area (Å²) in [4.78, 5) is -0.932. The molecule has 0 aliphatic carbocycles. The molecule has 57 heavy (non-hydrogen) atoms. The molecule has 0 heterocycles. The Morgan fingerprint density at radius 3 is 1.35 bits per heavy atom. The predicted molar refractivity (Wildman–Crippen MR) is 223 cm³/mol. The van der Waals surface area contributed by atoms with Gasteiger partial charge in [0.05, 0.1) is 4.90 Å². The number of ether oxygens (including phenoxy) is 2. The number of aromatic hydroxyl groups is 1. The Morgan fingerprint density at radius 1 is 0.544 bits per heavy atom. The average Bonchev–Trinajstić information content (AvgIpc) is 3.15. The summed E-state index contributed by atoms with van der Waals surface area (Å²) < 4.78 is 78.0. The second-order valence-corrected chi connectivity index (χ2v) is 16.8. The summed E-state index contributed by atoms with van der Waals surface area (Å²) in [6, 6.07) is 22.2. The van der Waals surface area contributed by atoms with Crippen LogP contribution >= 0.6 is 0 Å². The second kappa shape index (κ2) is 27.0. The molecule has 4 aromatic rings. The standard InChI is InChI=1S/2C22H30O5S.Ca/c2*1-2-3-4-5-6-7-8-12-15-20-21(23)16-19(28(24,25)26)17-22(20)27-18-13-10-9-11-14-18;/h2*9-11,13-14,16-17,23H,2-8,12,15H2,1H3,(H,24,25,26);/q;;+2/p-2. The van der Waals surface area contributed by atoms with E-state index >= 15 is 0 Å². The number of hydrogen-bond donors (Lipinski definition) is 2. The van der Waals surface area contributed by atoms with Gasteiger partial charge in [-0.2, -0.15) is 8.42 Å². The zero-order chi connectivity index (χ0) is 40.8. The van der Waals surface area contributed by atoms with Crippen LogP contribution in [0.1, 0.15) is 128 Å². The van der Waals surface area contributed by atoms with Gasteiger partial charge in [-0.25, -0.2) is 8.42 Å². The first kappa shape index (κ1) is 50.3. The van der Waals surface area contributed by atoms with Gasteiger partial charge >= 0.3 is 37.7 Å². The second-order valence-electron chi connectivity index (χ2n) is 14.0. The molecule has 4 aromatic carbocycles. The fourth-order valence-electron chi connectivity index (χ4n) is 6.28. The minimum absolute atomic E-state index is 0. The molecule has 4 rings (SSSR count). The van der Waals surface area contributed by atoms with E-state index in [2.05, 4.69) is 13.8 Å². The number of hydrogen-bond acceptors (Lipinski definition) is 9. The number of unbranched alkanes of at least 4 members (excludes halogenated alkanes) is 14. The molecule has 0 saturated heterocycles. The van der Waals surface area contributed by atoms with E-state index in [1.54, 1.807) is 48.5 Å². The van der Waals surface area contributed by atoms with E-state index in [-0.39, 0.29) is 59.9 Å². The first-order valence-corrected chi connectivity index (χ1v) is 22.8. The predicted octanol–water partition coefficient (Wildman–Crippen LogP) is 10.9. The van der Waals surface area contributed by atoms with Crippen molar-refractivity contribution in [2.24, 2.45) is 0 Å². The molecular weight excluding hydrogens is 793 g/mol. The molecule has 308 valence electrons. The first-order valence-electron chi connectivity index (χ1n) is 19.9. The smallest absolute Gasteiger partial charge is 0.872 e. The quantitative estimate of drug-likeness (QED) is 0.0392. The van der Waals surface area contributed by atoms with Crippen molar-refractivity contribution in [2.45, 2.75) is 139 Å². The van der Waals surface area contributed by atoms with Crippen LogP contribution in [0.15, 0.2) is 94.7 Å². The zero-order valence-corrected chi connectivity index (χ0v) is 37.3. The van der Waals surface area contributed by atoms with Gasteiger partial charge in [0, 0.05) is 17.7 Å². The van der Waals surface area contributed by atoms with Crippen molar-refractivity contribution >= 4 is 58.0 Å². The van der Waals surface area contributed by atoms with Crippen molar-refractivity contribution in [1.29, 1.82) is 0 Å². The Morgan fingerprint density at radius 2 is 0.930 bits per heavy atom. The van der Waals surface area contributed by atoms with E-state index in [0.29, 0.717) is 35.5 Å². The van der Waals surface area contributed by atoms with Crippen LogP contribution in [-0.4, -0.2) is 68.8 Å². The van der Waals surface area contributed by atoms with Gasteiger partial charge < -0.3 is 24.2 Å². The third-order valence-electron chi connectivity index (χ3n) is 9.39. The number of rotatable bonds is 24. The van der Waals surface area contributed by atoms with Gasteiger partial charge in [-0.05, 0) is 61.6 Å². The Kier molecular flexibility index (Phi) is 23.8. The van der Waals surface area contributed by atoms with Crippen LogP contribution in [0.25, 0.3) is 0 Å². The maximum absolute atomic E-state index is 12.5. The maximum Gasteiger partial charge on any atom is 2.00 e. The third-order valence-corrected chi connectivity index (χ3v) is 11.0. The van der Waals surface area contributed by atoms with Gasteiger partial charge in [0.2, 0.25) is 0 Å². The van der Waals surface area contributed by atoms with E-state index in [1.807, 2.05) is 12.1 Å². The van der Waals surface area contributed by atoms with Crippen LogP contribution in [0, 0.1) is 0 Å². The molecule has 0 aliphatic heterocycles. The molecule has 0 bridgehead atoms. The minimum Gasteiger partial charge on any atom is -0.872 e. The Hall–Kier alpha value is -2.84. The topological polar surface area (TPSA) is 173 Å². The molecule has 0 fully saturated rings. The van der Waals surface area contributed by atoms with Gasteiger partial charge in [0.1, 0.15) is 43.8 Å². The fraction of sp³-hybridized carbons (Fsp3) is 0.455. The summed E-state index contributed by atoms with van der Waals surface area (Å²) >= 11 is 0. The fourth-order valence-corrected chi connectivity index (χ4v) is 7.30. The van der Waals surface area contributed by atoms with Crippen molar-refractivity contribution < 1.29 is 45.6 Å². The Bertz CT molecular complexity index is 1810. The van der Waals surface area contributed by atoms with E-state index in [9.17, 15) is 36.2 Å². The molecule has 0 radical (unpaired) electrons. The van der Waals surface area contributed by atoms with E-state index in [4.69, 9.17) is 9.47 Å². The van der Waals surface area contributed by atoms with E-state index < -0.39 is 30.9 Å². The molecule has 0 spiro atoms. The summed E-state index contributed by atoms with van der Waals surface area (Å²) in [6.45, 7) is 4.40. The summed E-state index contributed by atoms with van der Waals surface area (Å²) in [7, 11) is -9.16. The summed E-state index contributed by atoms with van der Waals surface area (Å²) in [5.41, 5.74) is 0.976. The van der Waals surface area contributed by atoms with Crippen LogP contribution in [0.4, 0.5) is 0 Å². The third kappa shape index (κ3) is 19.2. The number of para-hydroxylation sites is 2. The molecule has 0 amide bonds. The molecular formula is C44H58CaO10S2. The number of benzene rings is 4. The van der Waals surface area contributed by atoms with Crippen LogP contribution in [0.3, 0.4) is 0 Å². The maximum atomic E-state index is 12.5. The Balaban J connectivity index is 0.000000387. The first-order chi connectivity index (χ1) is 26.8. The number of phenolic OH excluding ortho intramolecular Hbond substituents is 1. The Labute approximate surface area is 370 Å². The van der Waals surface area contributed by atoms with Gasteiger partial charge in [-0.3, -0.25) is 4.55 Å². The van der Waals surface area contributed by atoms with Crippen LogP contribution in [-0.2, 0) is 33.1 Å². The van der Waals surface area contributed by atoms with Crippen LogP contribution < -0.4 is 14.6 Å². The molecule has 13 heteroatoms. The molecule has 2 N–H and O–H groups in total. The molecule has 10 nitrogen and oxygen atoms in total. The molecule has 0 unspecified atom stereocenters.